The van der Waals surface area contributed by atoms with Gasteiger partial charge in [0.1, 0.15) is 0 Å². The third-order valence-corrected chi connectivity index (χ3v) is 6.86. The van der Waals surface area contributed by atoms with Crippen LogP contribution in [-0.4, -0.2) is 0 Å². The standard InChI is InChI=1S/C28H19NS/c1-2-7-19(8-3-1)20-13-16-22(17-14-20)29-25-12-6-11-24-27-23-10-5-4-9-21(23)15-18-26(27)30-28(24)25/h1-18,29H. The topological polar surface area (TPSA) is 12.0 Å². The molecule has 0 aliphatic carbocycles. The second kappa shape index (κ2) is 7.01. The van der Waals surface area contributed by atoms with Crippen LogP contribution in [0.5, 0.6) is 0 Å². The molecule has 0 saturated heterocycles. The first-order chi connectivity index (χ1) is 14.9. The molecule has 0 aliphatic heterocycles. The van der Waals surface area contributed by atoms with E-state index in [0.29, 0.717) is 0 Å². The van der Waals surface area contributed by atoms with Gasteiger partial charge in [-0.05, 0) is 46.2 Å². The number of fused-ring (bicyclic) bond motifs is 5. The van der Waals surface area contributed by atoms with Crippen molar-refractivity contribution in [3.8, 4) is 11.1 Å². The maximum atomic E-state index is 3.65. The molecule has 0 saturated carbocycles. The Kier molecular flexibility index (Phi) is 4.03. The lowest BCUT2D eigenvalue weighted by atomic mass is 10.0. The molecule has 30 heavy (non-hydrogen) atoms. The Morgan fingerprint density at radius 2 is 1.27 bits per heavy atom. The predicted molar refractivity (Wildman–Crippen MR) is 132 cm³/mol. The van der Waals surface area contributed by atoms with Gasteiger partial charge in [-0.1, -0.05) is 84.9 Å². The van der Waals surface area contributed by atoms with Crippen LogP contribution in [-0.2, 0) is 0 Å². The fourth-order valence-electron chi connectivity index (χ4n) is 4.20. The highest BCUT2D eigenvalue weighted by Gasteiger charge is 2.11. The van der Waals surface area contributed by atoms with Gasteiger partial charge in [0.25, 0.3) is 0 Å². The molecule has 1 nitrogen and oxygen atoms in total. The Morgan fingerprint density at radius 1 is 0.533 bits per heavy atom. The van der Waals surface area contributed by atoms with E-state index in [2.05, 4.69) is 108 Å². The SMILES string of the molecule is c1ccc(-c2ccc(Nc3cccc4c3sc3ccc5ccccc5c34)cc2)cc1. The highest BCUT2D eigenvalue weighted by atomic mass is 32.1. The predicted octanol–water partition coefficient (Wildman–Crippen LogP) is 8.62. The molecule has 0 radical (unpaired) electrons. The number of hydrogen-bond donors (Lipinski definition) is 1. The van der Waals surface area contributed by atoms with Crippen molar-refractivity contribution < 1.29 is 0 Å². The molecule has 5 aromatic carbocycles. The van der Waals surface area contributed by atoms with Crippen LogP contribution >= 0.6 is 11.3 Å². The number of rotatable bonds is 3. The second-order valence-electron chi connectivity index (χ2n) is 7.51. The van der Waals surface area contributed by atoms with E-state index in [0.717, 1.165) is 11.4 Å². The third kappa shape index (κ3) is 2.85. The Bertz CT molecular complexity index is 1490. The molecular formula is C28H19NS. The van der Waals surface area contributed by atoms with Crippen molar-refractivity contribution in [3.63, 3.8) is 0 Å². The Hall–Kier alpha value is -3.62. The molecule has 142 valence electrons. The summed E-state index contributed by atoms with van der Waals surface area (Å²) in [4.78, 5) is 0. The molecule has 6 aromatic rings. The summed E-state index contributed by atoms with van der Waals surface area (Å²) in [7, 11) is 0. The molecule has 1 heterocycles. The zero-order chi connectivity index (χ0) is 19.9. The van der Waals surface area contributed by atoms with Crippen molar-refractivity contribution in [2.24, 2.45) is 0 Å². The lowest BCUT2D eigenvalue weighted by Gasteiger charge is -2.09. The summed E-state index contributed by atoms with van der Waals surface area (Å²) in [6.45, 7) is 0. The van der Waals surface area contributed by atoms with Crippen LogP contribution in [0.2, 0.25) is 0 Å². The average Bonchev–Trinajstić information content (AvgIpc) is 3.20. The van der Waals surface area contributed by atoms with Gasteiger partial charge < -0.3 is 5.32 Å². The molecular weight excluding hydrogens is 382 g/mol. The van der Waals surface area contributed by atoms with Crippen molar-refractivity contribution >= 4 is 53.7 Å². The molecule has 0 amide bonds. The fourth-order valence-corrected chi connectivity index (χ4v) is 5.39. The van der Waals surface area contributed by atoms with Crippen molar-refractivity contribution in [1.82, 2.24) is 0 Å². The highest BCUT2D eigenvalue weighted by molar-refractivity contribution is 7.26. The molecule has 2 heteroatoms. The molecule has 1 aromatic heterocycles. The van der Waals surface area contributed by atoms with Gasteiger partial charge in [0.05, 0.1) is 10.4 Å². The summed E-state index contributed by atoms with van der Waals surface area (Å²) in [5.41, 5.74) is 4.73. The van der Waals surface area contributed by atoms with Crippen LogP contribution in [0, 0.1) is 0 Å². The quantitative estimate of drug-likeness (QED) is 0.313. The first-order valence-corrected chi connectivity index (χ1v) is 10.9. The smallest absolute Gasteiger partial charge is 0.0590 e. The Morgan fingerprint density at radius 3 is 2.13 bits per heavy atom. The van der Waals surface area contributed by atoms with E-state index in [4.69, 9.17) is 0 Å². The number of nitrogens with one attached hydrogen (secondary N) is 1. The minimum atomic E-state index is 1.10. The maximum Gasteiger partial charge on any atom is 0.0590 e. The number of anilines is 2. The van der Waals surface area contributed by atoms with Gasteiger partial charge in [-0.2, -0.15) is 0 Å². The molecule has 0 bridgehead atoms. The largest absolute Gasteiger partial charge is 0.354 e. The monoisotopic (exact) mass is 401 g/mol. The third-order valence-electron chi connectivity index (χ3n) is 5.66. The minimum absolute atomic E-state index is 1.10. The van der Waals surface area contributed by atoms with E-state index in [1.54, 1.807) is 0 Å². The number of benzene rings is 5. The van der Waals surface area contributed by atoms with Crippen LogP contribution in [0.15, 0.2) is 109 Å². The van der Waals surface area contributed by atoms with Crippen molar-refractivity contribution in [1.29, 1.82) is 0 Å². The van der Waals surface area contributed by atoms with Crippen LogP contribution in [0.4, 0.5) is 11.4 Å². The zero-order valence-corrected chi connectivity index (χ0v) is 17.1. The van der Waals surface area contributed by atoms with Crippen LogP contribution in [0.1, 0.15) is 0 Å². The van der Waals surface area contributed by atoms with E-state index >= 15 is 0 Å². The van der Waals surface area contributed by atoms with E-state index in [1.165, 1.54) is 42.1 Å². The normalized spacial score (nSPS) is 11.3. The molecule has 0 unspecified atom stereocenters. The lowest BCUT2D eigenvalue weighted by molar-refractivity contribution is 1.57. The van der Waals surface area contributed by atoms with Gasteiger partial charge in [0.15, 0.2) is 0 Å². The van der Waals surface area contributed by atoms with Gasteiger partial charge in [-0.3, -0.25) is 0 Å². The van der Waals surface area contributed by atoms with Gasteiger partial charge in [-0.15, -0.1) is 11.3 Å². The summed E-state index contributed by atoms with van der Waals surface area (Å²) in [5, 5.41) is 8.94. The van der Waals surface area contributed by atoms with Crippen molar-refractivity contribution in [2.45, 2.75) is 0 Å². The van der Waals surface area contributed by atoms with Crippen molar-refractivity contribution in [3.05, 3.63) is 109 Å². The van der Waals surface area contributed by atoms with E-state index in [1.807, 2.05) is 17.4 Å². The van der Waals surface area contributed by atoms with Crippen LogP contribution in [0.3, 0.4) is 0 Å². The summed E-state index contributed by atoms with van der Waals surface area (Å²) in [6, 6.07) is 38.8. The molecule has 0 fully saturated rings. The Labute approximate surface area is 179 Å². The number of thiophene rings is 1. The summed E-state index contributed by atoms with van der Waals surface area (Å²) >= 11 is 1.86. The first kappa shape index (κ1) is 17.3. The van der Waals surface area contributed by atoms with E-state index in [-0.39, 0.29) is 0 Å². The highest BCUT2D eigenvalue weighted by Crippen LogP contribution is 2.42. The number of hydrogen-bond acceptors (Lipinski definition) is 2. The summed E-state index contributed by atoms with van der Waals surface area (Å²) < 4.78 is 2.63. The average molecular weight is 402 g/mol. The fraction of sp³-hybridized carbons (Fsp3) is 0. The maximum absolute atomic E-state index is 3.65. The summed E-state index contributed by atoms with van der Waals surface area (Å²) in [6.07, 6.45) is 0. The molecule has 1 N–H and O–H groups in total. The van der Waals surface area contributed by atoms with Gasteiger partial charge in [0, 0.05) is 21.2 Å². The van der Waals surface area contributed by atoms with Crippen molar-refractivity contribution in [2.75, 3.05) is 5.32 Å². The first-order valence-electron chi connectivity index (χ1n) is 10.1. The lowest BCUT2D eigenvalue weighted by Crippen LogP contribution is -1.90. The minimum Gasteiger partial charge on any atom is -0.354 e. The van der Waals surface area contributed by atoms with E-state index in [9.17, 15) is 0 Å². The molecule has 0 atom stereocenters. The van der Waals surface area contributed by atoms with Crippen LogP contribution < -0.4 is 5.32 Å². The Balaban J connectivity index is 1.43. The zero-order valence-electron chi connectivity index (χ0n) is 16.3. The molecule has 0 spiro atoms. The van der Waals surface area contributed by atoms with Gasteiger partial charge in [0.2, 0.25) is 0 Å². The second-order valence-corrected chi connectivity index (χ2v) is 8.56. The molecule has 6 rings (SSSR count). The summed E-state index contributed by atoms with van der Waals surface area (Å²) in [5.74, 6) is 0. The van der Waals surface area contributed by atoms with Gasteiger partial charge in [-0.25, -0.2) is 0 Å². The van der Waals surface area contributed by atoms with Crippen LogP contribution in [0.25, 0.3) is 42.1 Å². The molecule has 0 aliphatic rings. The van der Waals surface area contributed by atoms with E-state index < -0.39 is 0 Å². The van der Waals surface area contributed by atoms with Gasteiger partial charge >= 0.3 is 0 Å².